The third kappa shape index (κ3) is 7.39. The van der Waals surface area contributed by atoms with E-state index in [1.165, 1.54) is 0 Å². The van der Waals surface area contributed by atoms with Crippen molar-refractivity contribution in [3.05, 3.63) is 121 Å². The summed E-state index contributed by atoms with van der Waals surface area (Å²) in [4.78, 5) is 17.4. The van der Waals surface area contributed by atoms with E-state index < -0.39 is 0 Å². The zero-order valence-corrected chi connectivity index (χ0v) is 30.0. The SMILES string of the molecule is CO.CO.COc1cccc(OC)c1-c1nc(-c2ccccc2)c(-c2ccc(-c3[nH]c(-c4c(OC)cccc4OC)nc3-c3ccccc3)cc2)[nH]1. The minimum atomic E-state index is 0.651. The van der Waals surface area contributed by atoms with Crippen LogP contribution in [0, 0.1) is 0 Å². The van der Waals surface area contributed by atoms with Crippen molar-refractivity contribution in [3.63, 3.8) is 0 Å². The predicted octanol–water partition coefficient (Wildman–Crippen LogP) is 8.39. The van der Waals surface area contributed by atoms with Crippen LogP contribution in [-0.2, 0) is 0 Å². The quantitative estimate of drug-likeness (QED) is 0.112. The van der Waals surface area contributed by atoms with Crippen LogP contribution in [0.3, 0.4) is 0 Å². The molecule has 7 rings (SSSR count). The van der Waals surface area contributed by atoms with Gasteiger partial charge in [-0.25, -0.2) is 9.97 Å². The van der Waals surface area contributed by atoms with Gasteiger partial charge in [-0.2, -0.15) is 0 Å². The van der Waals surface area contributed by atoms with Gasteiger partial charge < -0.3 is 39.1 Å². The molecule has 10 nitrogen and oxygen atoms in total. The summed E-state index contributed by atoms with van der Waals surface area (Å²) >= 11 is 0. The fourth-order valence-electron chi connectivity index (χ4n) is 5.98. The van der Waals surface area contributed by atoms with Gasteiger partial charge in [-0.15, -0.1) is 0 Å². The molecule has 0 unspecified atom stereocenters. The number of aliphatic hydroxyl groups is 2. The lowest BCUT2D eigenvalue weighted by atomic mass is 10.0. The molecule has 266 valence electrons. The topological polar surface area (TPSA) is 135 Å². The first-order valence-electron chi connectivity index (χ1n) is 16.4. The van der Waals surface area contributed by atoms with Gasteiger partial charge in [-0.1, -0.05) is 97.1 Å². The molecule has 0 amide bonds. The summed E-state index contributed by atoms with van der Waals surface area (Å²) in [5.41, 5.74) is 8.83. The Morgan fingerprint density at radius 2 is 0.692 bits per heavy atom. The van der Waals surface area contributed by atoms with E-state index in [-0.39, 0.29) is 0 Å². The van der Waals surface area contributed by atoms with Crippen LogP contribution in [0.15, 0.2) is 121 Å². The molecule has 0 saturated carbocycles. The summed E-state index contributed by atoms with van der Waals surface area (Å²) in [6.07, 6.45) is 0. The smallest absolute Gasteiger partial charge is 0.146 e. The number of aromatic nitrogens is 4. The molecule has 5 aromatic carbocycles. The Labute approximate surface area is 303 Å². The molecule has 10 heteroatoms. The van der Waals surface area contributed by atoms with Gasteiger partial charge in [0.15, 0.2) is 0 Å². The van der Waals surface area contributed by atoms with Crippen molar-refractivity contribution in [2.45, 2.75) is 0 Å². The number of rotatable bonds is 10. The number of aromatic amines is 2. The van der Waals surface area contributed by atoms with Gasteiger partial charge in [0.1, 0.15) is 45.8 Å². The maximum Gasteiger partial charge on any atom is 0.146 e. The maximum atomic E-state index is 7.00. The van der Waals surface area contributed by atoms with Gasteiger partial charge in [0.05, 0.1) is 51.2 Å². The molecule has 0 saturated heterocycles. The molecule has 0 atom stereocenters. The third-order valence-electron chi connectivity index (χ3n) is 8.29. The van der Waals surface area contributed by atoms with Gasteiger partial charge in [-0.3, -0.25) is 0 Å². The number of nitrogens with zero attached hydrogens (tertiary/aromatic N) is 2. The summed E-state index contributed by atoms with van der Waals surface area (Å²) < 4.78 is 22.9. The van der Waals surface area contributed by atoms with E-state index in [0.29, 0.717) is 34.6 Å². The van der Waals surface area contributed by atoms with Gasteiger partial charge in [0.25, 0.3) is 0 Å². The van der Waals surface area contributed by atoms with Crippen LogP contribution in [0.5, 0.6) is 23.0 Å². The Morgan fingerprint density at radius 1 is 0.385 bits per heavy atom. The molecule has 2 aromatic heterocycles. The number of hydrogen-bond acceptors (Lipinski definition) is 8. The number of imidazole rings is 2. The minimum Gasteiger partial charge on any atom is -0.496 e. The van der Waals surface area contributed by atoms with Gasteiger partial charge in [-0.05, 0) is 24.3 Å². The summed E-state index contributed by atoms with van der Waals surface area (Å²) in [5, 5.41) is 14.0. The van der Waals surface area contributed by atoms with Crippen molar-refractivity contribution in [2.75, 3.05) is 42.7 Å². The van der Waals surface area contributed by atoms with Crippen molar-refractivity contribution in [3.8, 4) is 90.8 Å². The Bertz CT molecular complexity index is 1980. The van der Waals surface area contributed by atoms with Crippen LogP contribution in [-0.4, -0.2) is 72.8 Å². The van der Waals surface area contributed by atoms with E-state index in [9.17, 15) is 0 Å². The average Bonchev–Trinajstić information content (AvgIpc) is 3.88. The van der Waals surface area contributed by atoms with Gasteiger partial charge in [0.2, 0.25) is 0 Å². The first kappa shape index (κ1) is 36.9. The number of ether oxygens (including phenoxy) is 4. The highest BCUT2D eigenvalue weighted by Gasteiger charge is 2.23. The highest BCUT2D eigenvalue weighted by Crippen LogP contribution is 2.43. The molecule has 7 aromatic rings. The highest BCUT2D eigenvalue weighted by atomic mass is 16.5. The van der Waals surface area contributed by atoms with E-state index in [2.05, 4.69) is 58.5 Å². The molecule has 0 radical (unpaired) electrons. The molecule has 52 heavy (non-hydrogen) atoms. The minimum absolute atomic E-state index is 0.651. The highest BCUT2D eigenvalue weighted by molar-refractivity contribution is 5.87. The predicted molar refractivity (Wildman–Crippen MR) is 206 cm³/mol. The van der Waals surface area contributed by atoms with Crippen LogP contribution in [0.2, 0.25) is 0 Å². The summed E-state index contributed by atoms with van der Waals surface area (Å²) in [6.45, 7) is 0. The normalized spacial score (nSPS) is 10.3. The molecule has 0 aliphatic heterocycles. The van der Waals surface area contributed by atoms with E-state index in [0.717, 1.165) is 70.4 Å². The molecule has 0 bridgehead atoms. The average molecular weight is 699 g/mol. The Kier molecular flexibility index (Phi) is 12.4. The number of H-pyrrole nitrogens is 2. The number of nitrogens with one attached hydrogen (secondary N) is 2. The van der Waals surface area contributed by atoms with E-state index >= 15 is 0 Å². The molecular weight excluding hydrogens is 656 g/mol. The zero-order chi connectivity index (χ0) is 37.0. The number of benzene rings is 5. The second-order valence-corrected chi connectivity index (χ2v) is 11.0. The summed E-state index contributed by atoms with van der Waals surface area (Å²) in [6, 6.07) is 40.1. The number of aliphatic hydroxyl groups excluding tert-OH is 2. The lowest BCUT2D eigenvalue weighted by Crippen LogP contribution is -1.94. The Morgan fingerprint density at radius 3 is 0.981 bits per heavy atom. The molecule has 0 aliphatic carbocycles. The molecule has 0 fully saturated rings. The van der Waals surface area contributed by atoms with E-state index in [1.54, 1.807) is 28.4 Å². The van der Waals surface area contributed by atoms with Crippen molar-refractivity contribution in [1.29, 1.82) is 0 Å². The second kappa shape index (κ2) is 17.5. The van der Waals surface area contributed by atoms with Crippen LogP contribution in [0.1, 0.15) is 0 Å². The van der Waals surface area contributed by atoms with E-state index in [4.69, 9.17) is 39.1 Å². The van der Waals surface area contributed by atoms with Crippen LogP contribution in [0.25, 0.3) is 67.8 Å². The zero-order valence-electron chi connectivity index (χ0n) is 30.0. The van der Waals surface area contributed by atoms with Gasteiger partial charge >= 0.3 is 0 Å². The Balaban J connectivity index is 0.00000126. The molecule has 2 heterocycles. The van der Waals surface area contributed by atoms with Gasteiger partial charge in [0, 0.05) is 36.5 Å². The summed E-state index contributed by atoms with van der Waals surface area (Å²) in [5.74, 6) is 3.97. The van der Waals surface area contributed by atoms with Crippen LogP contribution >= 0.6 is 0 Å². The number of hydrogen-bond donors (Lipinski definition) is 4. The van der Waals surface area contributed by atoms with Crippen molar-refractivity contribution >= 4 is 0 Å². The Hall–Kier alpha value is -6.36. The van der Waals surface area contributed by atoms with Crippen LogP contribution < -0.4 is 18.9 Å². The maximum absolute atomic E-state index is 7.00. The fourth-order valence-corrected chi connectivity index (χ4v) is 5.98. The molecule has 0 spiro atoms. The van der Waals surface area contributed by atoms with Crippen molar-refractivity contribution < 1.29 is 29.2 Å². The standard InChI is InChI=1S/C40H34N4O4.2CH4O/c1-45-29-17-11-18-30(46-2)33(29)39-41-35(25-13-7-5-8-14-25)37(43-39)27-21-23-28(24-22-27)38-36(26-15-9-6-10-16-26)42-40(44-38)34-31(47-3)19-12-20-32(34)48-4;2*1-2/h5-24H,1-4H3,(H,41,43)(H,42,44);2*2H,1H3. The fraction of sp³-hybridized carbons (Fsp3) is 0.143. The third-order valence-corrected chi connectivity index (χ3v) is 8.29. The second-order valence-electron chi connectivity index (χ2n) is 11.0. The monoisotopic (exact) mass is 698 g/mol. The van der Waals surface area contributed by atoms with E-state index in [1.807, 2.05) is 72.8 Å². The van der Waals surface area contributed by atoms with Crippen LogP contribution in [0.4, 0.5) is 0 Å². The summed E-state index contributed by atoms with van der Waals surface area (Å²) in [7, 11) is 8.59. The first-order valence-corrected chi connectivity index (χ1v) is 16.4. The number of methoxy groups -OCH3 is 4. The largest absolute Gasteiger partial charge is 0.496 e. The molecule has 0 aliphatic rings. The van der Waals surface area contributed by atoms with Crippen molar-refractivity contribution in [1.82, 2.24) is 19.9 Å². The molecule has 4 N–H and O–H groups in total. The lowest BCUT2D eigenvalue weighted by Gasteiger charge is -2.11. The first-order chi connectivity index (χ1) is 25.6. The van der Waals surface area contributed by atoms with Crippen molar-refractivity contribution in [2.24, 2.45) is 0 Å². The molecular formula is C42H42N4O6. The lowest BCUT2D eigenvalue weighted by molar-refractivity contribution is 0.396.